The second-order valence-corrected chi connectivity index (χ2v) is 6.75. The lowest BCUT2D eigenvalue weighted by molar-refractivity contribution is 0.546. The summed E-state index contributed by atoms with van der Waals surface area (Å²) in [6.45, 7) is 12.7. The molecular weight excluding hydrogens is 258 g/mol. The lowest BCUT2D eigenvalue weighted by Crippen LogP contribution is -2.18. The fourth-order valence-corrected chi connectivity index (χ4v) is 2.49. The molecule has 0 spiro atoms. The second kappa shape index (κ2) is 5.47. The molecule has 0 atom stereocenters. The van der Waals surface area contributed by atoms with Gasteiger partial charge in [-0.3, -0.25) is 0 Å². The van der Waals surface area contributed by atoms with Crippen LogP contribution in [0.3, 0.4) is 0 Å². The van der Waals surface area contributed by atoms with Gasteiger partial charge < -0.3 is 5.32 Å². The summed E-state index contributed by atoms with van der Waals surface area (Å²) in [5, 5.41) is 3.20. The van der Waals surface area contributed by atoms with E-state index in [2.05, 4.69) is 70.0 Å². The zero-order chi connectivity index (χ0) is 15.8. The van der Waals surface area contributed by atoms with E-state index in [0.29, 0.717) is 0 Å². The van der Waals surface area contributed by atoms with Crippen molar-refractivity contribution in [2.45, 2.75) is 47.0 Å². The number of nitrogens with one attached hydrogen (secondary N) is 1. The molecule has 112 valence electrons. The predicted octanol–water partition coefficient (Wildman–Crippen LogP) is 4.41. The molecule has 1 heterocycles. The van der Waals surface area contributed by atoms with Crippen molar-refractivity contribution in [3.8, 4) is 11.3 Å². The minimum absolute atomic E-state index is 0.0765. The van der Waals surface area contributed by atoms with Gasteiger partial charge in [0.05, 0.1) is 5.69 Å². The van der Waals surface area contributed by atoms with E-state index in [9.17, 15) is 0 Å². The number of aryl methyl sites for hydroxylation is 2. The summed E-state index contributed by atoms with van der Waals surface area (Å²) >= 11 is 0. The summed E-state index contributed by atoms with van der Waals surface area (Å²) in [7, 11) is 1.91. The van der Waals surface area contributed by atoms with Gasteiger partial charge in [-0.15, -0.1) is 0 Å². The molecule has 0 fully saturated rings. The van der Waals surface area contributed by atoms with Gasteiger partial charge in [0.1, 0.15) is 11.6 Å². The van der Waals surface area contributed by atoms with Crippen molar-refractivity contribution in [1.82, 2.24) is 9.97 Å². The number of hydrogen-bond donors (Lipinski definition) is 1. The fraction of sp³-hybridized carbons (Fsp3) is 0.444. The van der Waals surface area contributed by atoms with Crippen molar-refractivity contribution >= 4 is 5.82 Å². The third-order valence-electron chi connectivity index (χ3n) is 3.55. The molecule has 2 rings (SSSR count). The molecular formula is C18H25N3. The van der Waals surface area contributed by atoms with Crippen molar-refractivity contribution in [1.29, 1.82) is 0 Å². The smallest absolute Gasteiger partial charge is 0.136 e. The van der Waals surface area contributed by atoms with Crippen LogP contribution in [-0.2, 0) is 5.41 Å². The molecule has 0 radical (unpaired) electrons. The maximum absolute atomic E-state index is 4.85. The normalized spacial score (nSPS) is 11.6. The van der Waals surface area contributed by atoms with Gasteiger partial charge in [0.15, 0.2) is 0 Å². The summed E-state index contributed by atoms with van der Waals surface area (Å²) in [4.78, 5) is 9.52. The molecule has 1 aromatic carbocycles. The zero-order valence-electron chi connectivity index (χ0n) is 14.1. The minimum atomic E-state index is -0.0765. The highest BCUT2D eigenvalue weighted by molar-refractivity contribution is 5.69. The van der Waals surface area contributed by atoms with Gasteiger partial charge in [0, 0.05) is 23.6 Å². The third kappa shape index (κ3) is 3.23. The molecule has 0 saturated carbocycles. The molecule has 1 aromatic heterocycles. The van der Waals surface area contributed by atoms with Crippen LogP contribution in [0.1, 0.15) is 43.3 Å². The molecule has 1 N–H and O–H groups in total. The van der Waals surface area contributed by atoms with Crippen molar-refractivity contribution in [2.24, 2.45) is 0 Å². The first kappa shape index (κ1) is 15.5. The van der Waals surface area contributed by atoms with Crippen molar-refractivity contribution < 1.29 is 0 Å². The number of aromatic nitrogens is 2. The third-order valence-corrected chi connectivity index (χ3v) is 3.55. The average Bonchev–Trinajstić information content (AvgIpc) is 2.36. The molecule has 0 saturated heterocycles. The molecule has 3 heteroatoms. The summed E-state index contributed by atoms with van der Waals surface area (Å²) in [5.74, 6) is 1.77. The molecule has 0 aliphatic heterocycles. The van der Waals surface area contributed by atoms with Crippen LogP contribution < -0.4 is 5.32 Å². The first-order chi connectivity index (χ1) is 9.72. The Morgan fingerprint density at radius 2 is 1.48 bits per heavy atom. The van der Waals surface area contributed by atoms with E-state index in [0.717, 1.165) is 28.5 Å². The predicted molar refractivity (Wildman–Crippen MR) is 89.9 cm³/mol. The van der Waals surface area contributed by atoms with Crippen LogP contribution in [0.25, 0.3) is 11.3 Å². The Morgan fingerprint density at radius 1 is 0.905 bits per heavy atom. The van der Waals surface area contributed by atoms with Crippen molar-refractivity contribution in [3.05, 3.63) is 40.7 Å². The lowest BCUT2D eigenvalue weighted by Gasteiger charge is -2.20. The van der Waals surface area contributed by atoms with Crippen LogP contribution in [0.4, 0.5) is 5.82 Å². The molecule has 2 aromatic rings. The molecule has 0 aliphatic carbocycles. The highest BCUT2D eigenvalue weighted by Gasteiger charge is 2.21. The van der Waals surface area contributed by atoms with Crippen LogP contribution >= 0.6 is 0 Å². The Labute approximate surface area is 127 Å². The summed E-state index contributed by atoms with van der Waals surface area (Å²) < 4.78 is 0. The number of rotatable bonds is 2. The van der Waals surface area contributed by atoms with Crippen LogP contribution in [0, 0.1) is 20.8 Å². The van der Waals surface area contributed by atoms with Crippen LogP contribution in [0.2, 0.25) is 0 Å². The Bertz CT molecular complexity index is 647. The van der Waals surface area contributed by atoms with Gasteiger partial charge in [-0.1, -0.05) is 38.0 Å². The Kier molecular flexibility index (Phi) is 4.04. The standard InChI is InChI=1S/C18H25N3/c1-11-8-12(2)10-14(9-11)15-13(3)16(19-7)21-17(20-15)18(4,5)6/h8-10H,1-7H3,(H,19,20,21). The van der Waals surface area contributed by atoms with E-state index in [1.807, 2.05) is 7.05 Å². The van der Waals surface area contributed by atoms with Crippen LogP contribution in [0.15, 0.2) is 18.2 Å². The molecule has 0 unspecified atom stereocenters. The van der Waals surface area contributed by atoms with Gasteiger partial charge in [0.2, 0.25) is 0 Å². The highest BCUT2D eigenvalue weighted by Crippen LogP contribution is 2.30. The SMILES string of the molecule is CNc1nc(C(C)(C)C)nc(-c2cc(C)cc(C)c2)c1C. The van der Waals surface area contributed by atoms with E-state index < -0.39 is 0 Å². The molecule has 0 bridgehead atoms. The van der Waals surface area contributed by atoms with Gasteiger partial charge in [0.25, 0.3) is 0 Å². The zero-order valence-corrected chi connectivity index (χ0v) is 14.1. The lowest BCUT2D eigenvalue weighted by atomic mass is 9.94. The molecule has 0 amide bonds. The summed E-state index contributed by atoms with van der Waals surface area (Å²) in [5.41, 5.74) is 5.71. The topological polar surface area (TPSA) is 37.8 Å². The second-order valence-electron chi connectivity index (χ2n) is 6.75. The highest BCUT2D eigenvalue weighted by atomic mass is 15.0. The van der Waals surface area contributed by atoms with E-state index in [4.69, 9.17) is 4.98 Å². The number of hydrogen-bond acceptors (Lipinski definition) is 3. The van der Waals surface area contributed by atoms with Crippen molar-refractivity contribution in [3.63, 3.8) is 0 Å². The molecule has 21 heavy (non-hydrogen) atoms. The molecule has 3 nitrogen and oxygen atoms in total. The first-order valence-corrected chi connectivity index (χ1v) is 7.38. The monoisotopic (exact) mass is 283 g/mol. The maximum atomic E-state index is 4.85. The van der Waals surface area contributed by atoms with E-state index >= 15 is 0 Å². The Morgan fingerprint density at radius 3 is 1.95 bits per heavy atom. The summed E-state index contributed by atoms with van der Waals surface area (Å²) in [6.07, 6.45) is 0. The van der Waals surface area contributed by atoms with E-state index in [1.54, 1.807) is 0 Å². The van der Waals surface area contributed by atoms with Crippen LogP contribution in [0.5, 0.6) is 0 Å². The van der Waals surface area contributed by atoms with E-state index in [1.165, 1.54) is 11.1 Å². The maximum Gasteiger partial charge on any atom is 0.136 e. The number of anilines is 1. The number of nitrogens with zero attached hydrogens (tertiary/aromatic N) is 2. The van der Waals surface area contributed by atoms with Crippen molar-refractivity contribution in [2.75, 3.05) is 12.4 Å². The Hall–Kier alpha value is -1.90. The van der Waals surface area contributed by atoms with Gasteiger partial charge >= 0.3 is 0 Å². The van der Waals surface area contributed by atoms with Gasteiger partial charge in [-0.25, -0.2) is 9.97 Å². The average molecular weight is 283 g/mol. The fourth-order valence-electron chi connectivity index (χ4n) is 2.49. The largest absolute Gasteiger partial charge is 0.373 e. The Balaban J connectivity index is 2.72. The van der Waals surface area contributed by atoms with Gasteiger partial charge in [-0.05, 0) is 32.9 Å². The minimum Gasteiger partial charge on any atom is -0.373 e. The summed E-state index contributed by atoms with van der Waals surface area (Å²) in [6, 6.07) is 6.56. The van der Waals surface area contributed by atoms with Gasteiger partial charge in [-0.2, -0.15) is 0 Å². The number of benzene rings is 1. The van der Waals surface area contributed by atoms with Crippen LogP contribution in [-0.4, -0.2) is 17.0 Å². The quantitative estimate of drug-likeness (QED) is 0.887. The first-order valence-electron chi connectivity index (χ1n) is 7.38. The molecule has 0 aliphatic rings. The van der Waals surface area contributed by atoms with E-state index in [-0.39, 0.29) is 5.41 Å².